The Morgan fingerprint density at radius 3 is 2.03 bits per heavy atom. The minimum absolute atomic E-state index is 0.0521. The van der Waals surface area contributed by atoms with Gasteiger partial charge in [0.25, 0.3) is 17.5 Å². The van der Waals surface area contributed by atoms with Gasteiger partial charge in [0.2, 0.25) is 0 Å². The van der Waals surface area contributed by atoms with Crippen LogP contribution in [0.15, 0.2) is 87.7 Å². The molecular weight excluding hydrogens is 462 g/mol. The van der Waals surface area contributed by atoms with Crippen LogP contribution in [0.5, 0.6) is 0 Å². The first-order valence-corrected chi connectivity index (χ1v) is 11.3. The predicted octanol–water partition coefficient (Wildman–Crippen LogP) is 6.64. The molecule has 0 radical (unpaired) electrons. The van der Waals surface area contributed by atoms with Crippen LogP contribution in [0.25, 0.3) is 0 Å². The minimum atomic E-state index is -0.498. The standard InChI is InChI=1S/C22H15N5O4S2/c28-21(19-3-1-11-32-19)23-15-7-10-17(18(13-15)24-22(29)20-4-2-12-33-20)26-25-14-5-8-16(9-6-14)27(30)31/h1-13H,(H,23,28)(H,24,29)/b26-25+. The van der Waals surface area contributed by atoms with Crippen molar-refractivity contribution in [2.45, 2.75) is 0 Å². The molecule has 0 fully saturated rings. The molecule has 2 aromatic heterocycles. The number of amides is 2. The molecule has 0 saturated carbocycles. The number of hydrogen-bond acceptors (Lipinski definition) is 8. The molecule has 4 rings (SSSR count). The molecular formula is C22H15N5O4S2. The van der Waals surface area contributed by atoms with E-state index in [1.54, 1.807) is 47.8 Å². The largest absolute Gasteiger partial charge is 0.321 e. The van der Waals surface area contributed by atoms with Gasteiger partial charge in [0.05, 0.1) is 26.1 Å². The molecule has 11 heteroatoms. The van der Waals surface area contributed by atoms with E-state index >= 15 is 0 Å². The molecule has 0 atom stereocenters. The Hall–Kier alpha value is -4.22. The molecule has 0 aliphatic rings. The number of non-ortho nitro benzene ring substituents is 1. The van der Waals surface area contributed by atoms with E-state index in [4.69, 9.17) is 0 Å². The molecule has 4 aromatic rings. The fourth-order valence-electron chi connectivity index (χ4n) is 2.75. The lowest BCUT2D eigenvalue weighted by Crippen LogP contribution is -2.12. The highest BCUT2D eigenvalue weighted by molar-refractivity contribution is 7.12. The van der Waals surface area contributed by atoms with E-state index in [0.717, 1.165) is 0 Å². The van der Waals surface area contributed by atoms with Crippen molar-refractivity contribution in [2.24, 2.45) is 10.2 Å². The maximum atomic E-state index is 12.6. The fourth-order valence-corrected chi connectivity index (χ4v) is 3.98. The summed E-state index contributed by atoms with van der Waals surface area (Å²) in [6.45, 7) is 0. The normalized spacial score (nSPS) is 10.8. The zero-order valence-corrected chi connectivity index (χ0v) is 18.4. The van der Waals surface area contributed by atoms with Gasteiger partial charge < -0.3 is 10.6 Å². The van der Waals surface area contributed by atoms with E-state index in [1.165, 1.54) is 46.9 Å². The average molecular weight is 478 g/mol. The summed E-state index contributed by atoms with van der Waals surface area (Å²) in [5.74, 6) is -0.584. The van der Waals surface area contributed by atoms with Crippen molar-refractivity contribution < 1.29 is 14.5 Å². The Labute approximate surface area is 195 Å². The molecule has 9 nitrogen and oxygen atoms in total. The van der Waals surface area contributed by atoms with Crippen molar-refractivity contribution >= 4 is 62.9 Å². The van der Waals surface area contributed by atoms with E-state index < -0.39 is 4.92 Å². The highest BCUT2D eigenvalue weighted by Gasteiger charge is 2.13. The van der Waals surface area contributed by atoms with Gasteiger partial charge >= 0.3 is 0 Å². The summed E-state index contributed by atoms with van der Waals surface area (Å²) in [6, 6.07) is 17.4. The summed E-state index contributed by atoms with van der Waals surface area (Å²) in [5.41, 5.74) is 1.54. The van der Waals surface area contributed by atoms with Crippen molar-refractivity contribution in [3.8, 4) is 0 Å². The van der Waals surface area contributed by atoms with E-state index in [1.807, 2.05) is 5.38 Å². The first kappa shape index (κ1) is 22.0. The van der Waals surface area contributed by atoms with Gasteiger partial charge in [-0.2, -0.15) is 5.11 Å². The third-order valence-corrected chi connectivity index (χ3v) is 6.06. The first-order chi connectivity index (χ1) is 16.0. The van der Waals surface area contributed by atoms with Crippen LogP contribution in [0.4, 0.5) is 28.4 Å². The Morgan fingerprint density at radius 1 is 0.818 bits per heavy atom. The number of hydrogen-bond donors (Lipinski definition) is 2. The Balaban J connectivity index is 1.60. The summed E-state index contributed by atoms with van der Waals surface area (Å²) in [4.78, 5) is 36.4. The maximum absolute atomic E-state index is 12.6. The summed E-state index contributed by atoms with van der Waals surface area (Å²) in [5, 5.41) is 28.3. The Morgan fingerprint density at radius 2 is 1.45 bits per heavy atom. The van der Waals surface area contributed by atoms with E-state index in [9.17, 15) is 19.7 Å². The SMILES string of the molecule is O=C(Nc1ccc(/N=N/c2ccc([N+](=O)[O-])cc2)c(NC(=O)c2cccs2)c1)c1cccs1. The number of nitro groups is 1. The van der Waals surface area contributed by atoms with Crippen molar-refractivity contribution in [1.29, 1.82) is 0 Å². The number of thiophene rings is 2. The molecule has 0 aliphatic carbocycles. The second kappa shape index (κ2) is 9.94. The van der Waals surface area contributed by atoms with Crippen LogP contribution in [-0.4, -0.2) is 16.7 Å². The van der Waals surface area contributed by atoms with Crippen molar-refractivity contribution in [1.82, 2.24) is 0 Å². The van der Waals surface area contributed by atoms with Gasteiger partial charge in [0.1, 0.15) is 5.69 Å². The maximum Gasteiger partial charge on any atom is 0.269 e. The minimum Gasteiger partial charge on any atom is -0.321 e. The van der Waals surface area contributed by atoms with Gasteiger partial charge in [-0.25, -0.2) is 0 Å². The molecule has 0 saturated heterocycles. The molecule has 2 heterocycles. The van der Waals surface area contributed by atoms with Gasteiger partial charge in [-0.1, -0.05) is 12.1 Å². The number of anilines is 2. The number of carbonyl (C=O) groups excluding carboxylic acids is 2. The summed E-state index contributed by atoms with van der Waals surface area (Å²) in [7, 11) is 0. The second-order valence-electron chi connectivity index (χ2n) is 6.57. The van der Waals surface area contributed by atoms with Crippen molar-refractivity contribution in [3.05, 3.63) is 97.4 Å². The van der Waals surface area contributed by atoms with Crippen molar-refractivity contribution in [2.75, 3.05) is 10.6 Å². The van der Waals surface area contributed by atoms with E-state index in [0.29, 0.717) is 32.5 Å². The van der Waals surface area contributed by atoms with Crippen LogP contribution in [0.2, 0.25) is 0 Å². The fraction of sp³-hybridized carbons (Fsp3) is 0. The van der Waals surface area contributed by atoms with E-state index in [2.05, 4.69) is 20.9 Å². The van der Waals surface area contributed by atoms with Crippen LogP contribution in [0.3, 0.4) is 0 Å². The van der Waals surface area contributed by atoms with Gasteiger partial charge in [0, 0.05) is 17.8 Å². The van der Waals surface area contributed by atoms with Crippen LogP contribution in [-0.2, 0) is 0 Å². The molecule has 0 unspecified atom stereocenters. The topological polar surface area (TPSA) is 126 Å². The molecule has 33 heavy (non-hydrogen) atoms. The van der Waals surface area contributed by atoms with Crippen LogP contribution in [0, 0.1) is 10.1 Å². The number of nitrogens with zero attached hydrogens (tertiary/aromatic N) is 3. The van der Waals surface area contributed by atoms with Gasteiger partial charge in [-0.05, 0) is 53.2 Å². The molecule has 164 valence electrons. The molecule has 2 amide bonds. The van der Waals surface area contributed by atoms with Crippen molar-refractivity contribution in [3.63, 3.8) is 0 Å². The lowest BCUT2D eigenvalue weighted by molar-refractivity contribution is -0.384. The monoisotopic (exact) mass is 477 g/mol. The Kier molecular flexibility index (Phi) is 6.62. The van der Waals surface area contributed by atoms with Crippen LogP contribution < -0.4 is 10.6 Å². The van der Waals surface area contributed by atoms with Crippen LogP contribution >= 0.6 is 22.7 Å². The summed E-state index contributed by atoms with van der Waals surface area (Å²) >= 11 is 2.61. The predicted molar refractivity (Wildman–Crippen MR) is 128 cm³/mol. The number of benzene rings is 2. The zero-order valence-electron chi connectivity index (χ0n) is 16.8. The molecule has 0 spiro atoms. The molecule has 0 aliphatic heterocycles. The van der Waals surface area contributed by atoms with Gasteiger partial charge in [0.15, 0.2) is 0 Å². The number of nitrogens with one attached hydrogen (secondary N) is 2. The Bertz CT molecular complexity index is 1320. The number of carbonyl (C=O) groups is 2. The quantitative estimate of drug-likeness (QED) is 0.176. The van der Waals surface area contributed by atoms with Gasteiger partial charge in [-0.3, -0.25) is 19.7 Å². The second-order valence-corrected chi connectivity index (χ2v) is 8.46. The lowest BCUT2D eigenvalue weighted by atomic mass is 10.2. The van der Waals surface area contributed by atoms with Gasteiger partial charge in [-0.15, -0.1) is 27.8 Å². The van der Waals surface area contributed by atoms with Crippen LogP contribution in [0.1, 0.15) is 19.3 Å². The molecule has 0 bridgehead atoms. The smallest absolute Gasteiger partial charge is 0.269 e. The van der Waals surface area contributed by atoms with E-state index in [-0.39, 0.29) is 17.5 Å². The number of rotatable bonds is 7. The molecule has 2 N–H and O–H groups in total. The zero-order chi connectivity index (χ0) is 23.2. The highest BCUT2D eigenvalue weighted by Crippen LogP contribution is 2.31. The third-order valence-electron chi connectivity index (χ3n) is 4.33. The molecule has 2 aromatic carbocycles. The third kappa shape index (κ3) is 5.53. The highest BCUT2D eigenvalue weighted by atomic mass is 32.1. The summed E-state index contributed by atoms with van der Waals surface area (Å²) < 4.78 is 0. The summed E-state index contributed by atoms with van der Waals surface area (Å²) in [6.07, 6.45) is 0. The average Bonchev–Trinajstić information content (AvgIpc) is 3.53. The first-order valence-electron chi connectivity index (χ1n) is 9.49. The lowest BCUT2D eigenvalue weighted by Gasteiger charge is -2.10. The number of azo groups is 1. The number of nitro benzene ring substituents is 1.